The minimum Gasteiger partial charge on any atom is -0.319 e. The molecule has 7 heteroatoms. The zero-order valence-corrected chi connectivity index (χ0v) is 14.1. The minimum atomic E-state index is -1.03. The predicted octanol–water partition coefficient (Wildman–Crippen LogP) is 2.98. The van der Waals surface area contributed by atoms with Crippen LogP contribution in [0.1, 0.15) is 27.2 Å². The SMILES string of the molecule is O=C(CN1C(=O)NC2(CCc3ccccc32)C1=O)c1ccc(Cl)s1. The molecule has 1 unspecified atom stereocenters. The van der Waals surface area contributed by atoms with Gasteiger partial charge in [0.05, 0.1) is 15.8 Å². The summed E-state index contributed by atoms with van der Waals surface area (Å²) in [7, 11) is 0. The van der Waals surface area contributed by atoms with Crippen molar-refractivity contribution in [2.75, 3.05) is 6.54 Å². The number of thiophene rings is 1. The number of hydrogen-bond donors (Lipinski definition) is 1. The number of Topliss-reactive ketones (excluding diaryl/α,β-unsaturated/α-hetero) is 1. The fourth-order valence-corrected chi connectivity index (χ4v) is 4.39. The third-order valence-corrected chi connectivity index (χ3v) is 5.84. The van der Waals surface area contributed by atoms with E-state index in [1.165, 1.54) is 0 Å². The van der Waals surface area contributed by atoms with Crippen LogP contribution in [-0.4, -0.2) is 29.2 Å². The zero-order valence-electron chi connectivity index (χ0n) is 12.5. The number of ketones is 1. The van der Waals surface area contributed by atoms with E-state index in [1.54, 1.807) is 12.1 Å². The van der Waals surface area contributed by atoms with E-state index >= 15 is 0 Å². The van der Waals surface area contributed by atoms with Crippen LogP contribution in [0.3, 0.4) is 0 Å². The van der Waals surface area contributed by atoms with Gasteiger partial charge in [-0.1, -0.05) is 35.9 Å². The minimum absolute atomic E-state index is 0.272. The second-order valence-electron chi connectivity index (χ2n) is 5.91. The Balaban J connectivity index is 1.62. The van der Waals surface area contributed by atoms with E-state index < -0.39 is 11.6 Å². The van der Waals surface area contributed by atoms with Crippen molar-refractivity contribution in [3.63, 3.8) is 0 Å². The van der Waals surface area contributed by atoms with Crippen LogP contribution in [-0.2, 0) is 16.8 Å². The van der Waals surface area contributed by atoms with Crippen molar-refractivity contribution in [2.24, 2.45) is 0 Å². The number of urea groups is 1. The summed E-state index contributed by atoms with van der Waals surface area (Å²) in [5, 5.41) is 2.81. The first-order chi connectivity index (χ1) is 11.5. The van der Waals surface area contributed by atoms with Crippen molar-refractivity contribution in [1.82, 2.24) is 10.2 Å². The molecule has 24 heavy (non-hydrogen) atoms. The molecular weight excluding hydrogens is 348 g/mol. The number of carbonyl (C=O) groups excluding carboxylic acids is 3. The van der Waals surface area contributed by atoms with Gasteiger partial charge >= 0.3 is 6.03 Å². The predicted molar refractivity (Wildman–Crippen MR) is 90.3 cm³/mol. The van der Waals surface area contributed by atoms with Crippen molar-refractivity contribution >= 4 is 40.7 Å². The molecule has 1 aliphatic carbocycles. The Kier molecular flexibility index (Phi) is 3.47. The Bertz CT molecular complexity index is 878. The van der Waals surface area contributed by atoms with E-state index in [1.807, 2.05) is 24.3 Å². The molecule has 1 atom stereocenters. The number of benzene rings is 1. The molecule has 0 saturated carbocycles. The van der Waals surface area contributed by atoms with Crippen LogP contribution in [0.4, 0.5) is 4.79 Å². The number of imide groups is 1. The van der Waals surface area contributed by atoms with E-state index in [0.29, 0.717) is 15.6 Å². The van der Waals surface area contributed by atoms with Gasteiger partial charge in [0.15, 0.2) is 5.78 Å². The van der Waals surface area contributed by atoms with Crippen molar-refractivity contribution in [1.29, 1.82) is 0 Å². The molecule has 1 aromatic heterocycles. The highest BCUT2D eigenvalue weighted by Crippen LogP contribution is 2.41. The molecule has 1 N–H and O–H groups in total. The van der Waals surface area contributed by atoms with Gasteiger partial charge in [0, 0.05) is 0 Å². The van der Waals surface area contributed by atoms with Gasteiger partial charge in [0.25, 0.3) is 5.91 Å². The maximum Gasteiger partial charge on any atom is 0.325 e. The number of halogens is 1. The number of rotatable bonds is 3. The van der Waals surface area contributed by atoms with Crippen LogP contribution in [0.25, 0.3) is 0 Å². The van der Waals surface area contributed by atoms with Crippen LogP contribution in [0.15, 0.2) is 36.4 Å². The first-order valence-electron chi connectivity index (χ1n) is 7.52. The topological polar surface area (TPSA) is 66.5 Å². The lowest BCUT2D eigenvalue weighted by atomic mass is 9.92. The Hall–Kier alpha value is -2.18. The maximum atomic E-state index is 12.9. The maximum absolute atomic E-state index is 12.9. The van der Waals surface area contributed by atoms with Crippen molar-refractivity contribution in [3.8, 4) is 0 Å². The number of hydrogen-bond acceptors (Lipinski definition) is 4. The average Bonchev–Trinajstić information content (AvgIpc) is 3.22. The summed E-state index contributed by atoms with van der Waals surface area (Å²) in [6, 6.07) is 10.3. The highest BCUT2D eigenvalue weighted by molar-refractivity contribution is 7.18. The molecule has 2 aliphatic rings. The van der Waals surface area contributed by atoms with Gasteiger partial charge in [0.1, 0.15) is 5.54 Å². The quantitative estimate of drug-likeness (QED) is 0.676. The largest absolute Gasteiger partial charge is 0.325 e. The lowest BCUT2D eigenvalue weighted by Gasteiger charge is -2.22. The average molecular weight is 361 g/mol. The molecule has 1 aromatic carbocycles. The summed E-state index contributed by atoms with van der Waals surface area (Å²) in [5.41, 5.74) is 0.864. The van der Waals surface area contributed by atoms with Crippen molar-refractivity contribution in [3.05, 3.63) is 56.7 Å². The van der Waals surface area contributed by atoms with E-state index in [0.717, 1.165) is 33.8 Å². The van der Waals surface area contributed by atoms with E-state index in [9.17, 15) is 14.4 Å². The smallest absolute Gasteiger partial charge is 0.319 e. The third-order valence-electron chi connectivity index (χ3n) is 4.57. The first-order valence-corrected chi connectivity index (χ1v) is 8.72. The lowest BCUT2D eigenvalue weighted by Crippen LogP contribution is -2.42. The van der Waals surface area contributed by atoms with Gasteiger partial charge in [-0.05, 0) is 36.1 Å². The summed E-state index contributed by atoms with van der Waals surface area (Å²) >= 11 is 6.98. The lowest BCUT2D eigenvalue weighted by molar-refractivity contribution is -0.131. The molecule has 2 aromatic rings. The second kappa shape index (κ2) is 5.43. The number of carbonyl (C=O) groups is 3. The molecule has 2 heterocycles. The van der Waals surface area contributed by atoms with Gasteiger partial charge < -0.3 is 5.32 Å². The molecular formula is C17H13ClN2O3S. The fourth-order valence-electron chi connectivity index (χ4n) is 3.42. The number of nitrogens with zero attached hydrogens (tertiary/aromatic N) is 1. The van der Waals surface area contributed by atoms with Gasteiger partial charge in [-0.15, -0.1) is 11.3 Å². The van der Waals surface area contributed by atoms with Gasteiger partial charge in [-0.25, -0.2) is 4.79 Å². The number of fused-ring (bicyclic) bond motifs is 2. The number of nitrogens with one attached hydrogen (secondary N) is 1. The summed E-state index contributed by atoms with van der Waals surface area (Å²) < 4.78 is 0.497. The van der Waals surface area contributed by atoms with Crippen molar-refractivity contribution < 1.29 is 14.4 Å². The normalized spacial score (nSPS) is 22.1. The summed E-state index contributed by atoms with van der Waals surface area (Å²) in [5.74, 6) is -0.646. The van der Waals surface area contributed by atoms with E-state index in [4.69, 9.17) is 11.6 Å². The van der Waals surface area contributed by atoms with E-state index in [-0.39, 0.29) is 18.2 Å². The molecule has 5 nitrogen and oxygen atoms in total. The molecule has 1 aliphatic heterocycles. The molecule has 4 rings (SSSR count). The summed E-state index contributed by atoms with van der Waals surface area (Å²) in [6.45, 7) is -0.272. The van der Waals surface area contributed by atoms with Gasteiger partial charge in [-0.3, -0.25) is 14.5 Å². The van der Waals surface area contributed by atoms with Crippen LogP contribution in [0, 0.1) is 0 Å². The fraction of sp³-hybridized carbons (Fsp3) is 0.235. The van der Waals surface area contributed by atoms with Crippen molar-refractivity contribution in [2.45, 2.75) is 18.4 Å². The molecule has 3 amide bonds. The Morgan fingerprint density at radius 3 is 2.79 bits per heavy atom. The van der Waals surface area contributed by atoms with Crippen LogP contribution < -0.4 is 5.32 Å². The molecule has 1 spiro atoms. The summed E-state index contributed by atoms with van der Waals surface area (Å²) in [4.78, 5) is 39.1. The van der Waals surface area contributed by atoms with E-state index in [2.05, 4.69) is 5.32 Å². The van der Waals surface area contributed by atoms with Crippen LogP contribution in [0.5, 0.6) is 0 Å². The molecule has 0 bridgehead atoms. The number of amides is 3. The van der Waals surface area contributed by atoms with Crippen LogP contribution in [0.2, 0.25) is 4.34 Å². The first kappa shape index (κ1) is 15.4. The standard InChI is InChI=1S/C17H13ClN2O3S/c18-14-6-5-13(24-14)12(21)9-20-15(22)17(19-16(20)23)8-7-10-3-1-2-4-11(10)17/h1-6H,7-9H2,(H,19,23). The molecule has 122 valence electrons. The Labute approximate surface area is 147 Å². The Morgan fingerprint density at radius 1 is 1.25 bits per heavy atom. The number of aryl methyl sites for hydroxylation is 1. The summed E-state index contributed by atoms with van der Waals surface area (Å²) in [6.07, 6.45) is 1.25. The Morgan fingerprint density at radius 2 is 2.04 bits per heavy atom. The highest BCUT2D eigenvalue weighted by Gasteiger charge is 2.55. The third kappa shape index (κ3) is 2.17. The van der Waals surface area contributed by atoms with Gasteiger partial charge in [-0.2, -0.15) is 0 Å². The van der Waals surface area contributed by atoms with Gasteiger partial charge in [0.2, 0.25) is 0 Å². The highest BCUT2D eigenvalue weighted by atomic mass is 35.5. The monoisotopic (exact) mass is 360 g/mol. The molecule has 0 radical (unpaired) electrons. The molecule has 1 saturated heterocycles. The second-order valence-corrected chi connectivity index (χ2v) is 7.63. The van der Waals surface area contributed by atoms with Crippen LogP contribution >= 0.6 is 22.9 Å². The zero-order chi connectivity index (χ0) is 16.9. The molecule has 1 fully saturated rings.